The summed E-state index contributed by atoms with van der Waals surface area (Å²) in [6.07, 6.45) is -3.64. The summed E-state index contributed by atoms with van der Waals surface area (Å²) >= 11 is 12.5. The van der Waals surface area contributed by atoms with E-state index in [2.05, 4.69) is 4.72 Å². The van der Waals surface area contributed by atoms with Crippen molar-refractivity contribution in [1.29, 1.82) is 0 Å². The van der Waals surface area contributed by atoms with Crippen molar-refractivity contribution in [2.24, 2.45) is 0 Å². The molecule has 0 aliphatic rings. The Morgan fingerprint density at radius 3 is 2.42 bits per heavy atom. The molecule has 12 heteroatoms. The lowest BCUT2D eigenvalue weighted by atomic mass is 9.98. The Morgan fingerprint density at radius 2 is 1.82 bits per heavy atom. The van der Waals surface area contributed by atoms with Gasteiger partial charge in [-0.1, -0.05) is 35.3 Å². The number of sulfonamides is 1. The largest absolute Gasteiger partial charge is 0.419 e. The number of carbonyl (C=O) groups excluding carboxylic acids is 1. The number of alkyl halides is 3. The quantitative estimate of drug-likeness (QED) is 0.249. The topological polar surface area (TPSA) is 68.2 Å². The van der Waals surface area contributed by atoms with E-state index >= 15 is 0 Å². The fourth-order valence-electron chi connectivity index (χ4n) is 3.62. The fourth-order valence-corrected chi connectivity index (χ4v) is 4.56. The SMILES string of the molecule is Cc1c(C(=O)c2cccc(C(F)(F)F)c2F)c2ccc(Cl)c(Cl)c2n1CCCNS(C)(=O)=O. The highest BCUT2D eigenvalue weighted by Crippen LogP contribution is 2.38. The van der Waals surface area contributed by atoms with Gasteiger partial charge in [0.25, 0.3) is 0 Å². The number of fused-ring (bicyclic) bond motifs is 1. The first-order valence-electron chi connectivity index (χ1n) is 9.56. The second kappa shape index (κ2) is 9.25. The van der Waals surface area contributed by atoms with Crippen LogP contribution in [0.15, 0.2) is 30.3 Å². The summed E-state index contributed by atoms with van der Waals surface area (Å²) in [5, 5.41) is 0.582. The zero-order valence-corrected chi connectivity index (χ0v) is 19.7. The molecule has 5 nitrogen and oxygen atoms in total. The van der Waals surface area contributed by atoms with Gasteiger partial charge in [0.15, 0.2) is 5.78 Å². The van der Waals surface area contributed by atoms with E-state index in [0.29, 0.717) is 29.1 Å². The molecule has 2 aromatic carbocycles. The van der Waals surface area contributed by atoms with E-state index in [0.717, 1.165) is 18.4 Å². The molecule has 0 aliphatic carbocycles. The molecule has 0 spiro atoms. The van der Waals surface area contributed by atoms with Crippen LogP contribution in [-0.2, 0) is 22.7 Å². The van der Waals surface area contributed by atoms with Crippen molar-refractivity contribution < 1.29 is 30.8 Å². The highest BCUT2D eigenvalue weighted by atomic mass is 35.5. The van der Waals surface area contributed by atoms with Crippen molar-refractivity contribution >= 4 is 49.9 Å². The summed E-state index contributed by atoms with van der Waals surface area (Å²) in [6.45, 7) is 1.86. The molecule has 0 amide bonds. The monoisotopic (exact) mass is 524 g/mol. The molecule has 1 heterocycles. The average molecular weight is 525 g/mol. The minimum Gasteiger partial charge on any atom is -0.343 e. The molecule has 1 N–H and O–H groups in total. The van der Waals surface area contributed by atoms with E-state index in [4.69, 9.17) is 23.2 Å². The highest BCUT2D eigenvalue weighted by molar-refractivity contribution is 7.88. The summed E-state index contributed by atoms with van der Waals surface area (Å²) in [5.41, 5.74) is -1.61. The Labute approximate surface area is 197 Å². The minimum absolute atomic E-state index is 0.0159. The second-order valence-electron chi connectivity index (χ2n) is 7.38. The number of nitrogens with one attached hydrogen (secondary N) is 1. The van der Waals surface area contributed by atoms with Crippen LogP contribution >= 0.6 is 23.2 Å². The summed E-state index contributed by atoms with van der Waals surface area (Å²) in [5.74, 6) is -2.60. The number of ketones is 1. The molecule has 0 saturated carbocycles. The Hall–Kier alpha value is -2.14. The average Bonchev–Trinajstić information content (AvgIpc) is 2.98. The summed E-state index contributed by atoms with van der Waals surface area (Å²) in [4.78, 5) is 13.3. The maximum Gasteiger partial charge on any atom is 0.419 e. The van der Waals surface area contributed by atoms with Crippen LogP contribution in [0.2, 0.25) is 10.0 Å². The van der Waals surface area contributed by atoms with Gasteiger partial charge in [-0.15, -0.1) is 0 Å². The van der Waals surface area contributed by atoms with Gasteiger partial charge >= 0.3 is 6.18 Å². The van der Waals surface area contributed by atoms with Gasteiger partial charge in [-0.3, -0.25) is 4.79 Å². The van der Waals surface area contributed by atoms with Crippen molar-refractivity contribution in [2.75, 3.05) is 12.8 Å². The zero-order valence-electron chi connectivity index (χ0n) is 17.4. The van der Waals surface area contributed by atoms with Crippen LogP contribution in [0, 0.1) is 12.7 Å². The van der Waals surface area contributed by atoms with Crippen molar-refractivity contribution in [1.82, 2.24) is 9.29 Å². The van der Waals surface area contributed by atoms with E-state index < -0.39 is 38.9 Å². The predicted molar refractivity (Wildman–Crippen MR) is 119 cm³/mol. The smallest absolute Gasteiger partial charge is 0.343 e. The molecule has 3 rings (SSSR count). The van der Waals surface area contributed by atoms with Crippen LogP contribution in [0.25, 0.3) is 10.9 Å². The van der Waals surface area contributed by atoms with E-state index in [1.54, 1.807) is 11.5 Å². The first-order valence-corrected chi connectivity index (χ1v) is 12.2. The van der Waals surface area contributed by atoms with Crippen LogP contribution < -0.4 is 4.72 Å². The molecule has 1 aromatic heterocycles. The van der Waals surface area contributed by atoms with Gasteiger partial charge in [0.1, 0.15) is 5.82 Å². The Morgan fingerprint density at radius 1 is 1.15 bits per heavy atom. The summed E-state index contributed by atoms with van der Waals surface area (Å²) < 4.78 is 80.7. The standard InChI is InChI=1S/C21H18Cl2F4N2O3S/c1-11-16(20(30)13-5-3-6-14(18(13)24)21(25,26)27)12-7-8-15(22)17(23)19(12)29(11)10-4-9-28-33(2,31)32/h3,5-8,28H,4,9-10H2,1-2H3. The first-order chi connectivity index (χ1) is 15.2. The van der Waals surface area contributed by atoms with Crippen molar-refractivity contribution in [3.05, 3.63) is 68.6 Å². The molecule has 0 bridgehead atoms. The number of hydrogen-bond acceptors (Lipinski definition) is 3. The van der Waals surface area contributed by atoms with Gasteiger partial charge in [0.2, 0.25) is 10.0 Å². The predicted octanol–water partition coefficient (Wildman–Crippen LogP) is 5.58. The van der Waals surface area contributed by atoms with Gasteiger partial charge in [-0.05, 0) is 31.5 Å². The molecule has 0 atom stereocenters. The Kier molecular flexibility index (Phi) is 7.14. The molecule has 178 valence electrons. The fraction of sp³-hybridized carbons (Fsp3) is 0.286. The first kappa shape index (κ1) is 25.5. The van der Waals surface area contributed by atoms with Gasteiger partial charge < -0.3 is 4.57 Å². The molecule has 0 saturated heterocycles. The lowest BCUT2D eigenvalue weighted by Gasteiger charge is -2.11. The van der Waals surface area contributed by atoms with Crippen LogP contribution in [-0.4, -0.2) is 31.6 Å². The number of hydrogen-bond donors (Lipinski definition) is 1. The molecule has 0 aliphatic heterocycles. The number of aryl methyl sites for hydroxylation is 1. The Balaban J connectivity index is 2.14. The number of benzene rings is 2. The maximum absolute atomic E-state index is 14.7. The number of halogens is 6. The number of nitrogens with zero attached hydrogens (tertiary/aromatic N) is 1. The zero-order chi connectivity index (χ0) is 24.7. The third-order valence-electron chi connectivity index (χ3n) is 5.07. The van der Waals surface area contributed by atoms with Gasteiger partial charge in [0, 0.05) is 24.2 Å². The second-order valence-corrected chi connectivity index (χ2v) is 10.0. The van der Waals surface area contributed by atoms with Crippen LogP contribution in [0.3, 0.4) is 0 Å². The van der Waals surface area contributed by atoms with E-state index in [9.17, 15) is 30.8 Å². The molecular weight excluding hydrogens is 507 g/mol. The molecule has 0 fully saturated rings. The highest BCUT2D eigenvalue weighted by Gasteiger charge is 2.36. The maximum atomic E-state index is 14.7. The van der Waals surface area contributed by atoms with Gasteiger partial charge in [-0.25, -0.2) is 17.5 Å². The Bertz CT molecular complexity index is 1350. The molecule has 33 heavy (non-hydrogen) atoms. The number of carbonyl (C=O) groups is 1. The minimum atomic E-state index is -4.97. The summed E-state index contributed by atoms with van der Waals surface area (Å²) in [6, 6.07) is 5.44. The van der Waals surface area contributed by atoms with E-state index in [1.807, 2.05) is 0 Å². The van der Waals surface area contributed by atoms with Crippen LogP contribution in [0.1, 0.15) is 33.6 Å². The molecule has 3 aromatic rings. The van der Waals surface area contributed by atoms with Crippen molar-refractivity contribution in [3.8, 4) is 0 Å². The van der Waals surface area contributed by atoms with Gasteiger partial charge in [-0.2, -0.15) is 13.2 Å². The third-order valence-corrected chi connectivity index (χ3v) is 6.60. The van der Waals surface area contributed by atoms with Gasteiger partial charge in [0.05, 0.1) is 38.5 Å². The van der Waals surface area contributed by atoms with E-state index in [-0.39, 0.29) is 28.7 Å². The lowest BCUT2D eigenvalue weighted by Crippen LogP contribution is -2.24. The van der Waals surface area contributed by atoms with Crippen LogP contribution in [0.5, 0.6) is 0 Å². The molecule has 0 unspecified atom stereocenters. The van der Waals surface area contributed by atoms with Crippen LogP contribution in [0.4, 0.5) is 17.6 Å². The van der Waals surface area contributed by atoms with Crippen molar-refractivity contribution in [2.45, 2.75) is 26.1 Å². The normalized spacial score (nSPS) is 12.5. The molecular formula is C21H18Cl2F4N2O3S. The number of rotatable bonds is 7. The third kappa shape index (κ3) is 5.18. The molecule has 0 radical (unpaired) electrons. The summed E-state index contributed by atoms with van der Waals surface area (Å²) in [7, 11) is -3.41. The van der Waals surface area contributed by atoms with Crippen molar-refractivity contribution in [3.63, 3.8) is 0 Å². The number of aromatic nitrogens is 1. The van der Waals surface area contributed by atoms with E-state index in [1.165, 1.54) is 12.1 Å². The lowest BCUT2D eigenvalue weighted by molar-refractivity contribution is -0.140.